The van der Waals surface area contributed by atoms with Crippen molar-refractivity contribution in [3.8, 4) is 0 Å². The van der Waals surface area contributed by atoms with Crippen molar-refractivity contribution in [1.82, 2.24) is 4.90 Å². The Balaban J connectivity index is 4.81. The van der Waals surface area contributed by atoms with Crippen LogP contribution in [0.5, 0.6) is 0 Å². The molecule has 0 aromatic rings. The molecular formula is C11H20N2S. The molecule has 0 aliphatic carbocycles. The van der Waals surface area contributed by atoms with Crippen LogP contribution in [0.2, 0.25) is 0 Å². The lowest BCUT2D eigenvalue weighted by Crippen LogP contribution is -2.42. The highest BCUT2D eigenvalue weighted by Gasteiger charge is 2.22. The van der Waals surface area contributed by atoms with E-state index in [2.05, 4.69) is 42.5 Å². The molecular weight excluding hydrogens is 192 g/mol. The molecule has 0 amide bonds. The number of thioether (sulfide) groups is 1. The van der Waals surface area contributed by atoms with Crippen molar-refractivity contribution in [1.29, 1.82) is 0 Å². The average molecular weight is 212 g/mol. The second-order valence-corrected chi connectivity index (χ2v) is 4.28. The van der Waals surface area contributed by atoms with Crippen LogP contribution in [-0.4, -0.2) is 28.9 Å². The van der Waals surface area contributed by atoms with Crippen LogP contribution >= 0.6 is 11.8 Å². The fourth-order valence-electron chi connectivity index (χ4n) is 1.12. The summed E-state index contributed by atoms with van der Waals surface area (Å²) in [7, 11) is 2.04. The highest BCUT2D eigenvalue weighted by atomic mass is 32.2. The van der Waals surface area contributed by atoms with Crippen LogP contribution in [0, 0.1) is 0 Å². The molecule has 80 valence electrons. The third kappa shape index (κ3) is 3.58. The summed E-state index contributed by atoms with van der Waals surface area (Å²) in [4.78, 5) is 6.36. The van der Waals surface area contributed by atoms with Crippen molar-refractivity contribution in [2.75, 3.05) is 13.3 Å². The Morgan fingerprint density at radius 1 is 1.50 bits per heavy atom. The number of aliphatic imine (C=N–C) groups is 1. The van der Waals surface area contributed by atoms with Crippen molar-refractivity contribution in [3.05, 3.63) is 24.9 Å². The third-order valence-electron chi connectivity index (χ3n) is 2.11. The van der Waals surface area contributed by atoms with Gasteiger partial charge in [-0.25, -0.2) is 4.99 Å². The molecule has 0 saturated carbocycles. The fourth-order valence-corrected chi connectivity index (χ4v) is 1.81. The van der Waals surface area contributed by atoms with Gasteiger partial charge in [-0.05, 0) is 27.0 Å². The molecule has 0 saturated heterocycles. The van der Waals surface area contributed by atoms with Crippen molar-refractivity contribution in [2.24, 2.45) is 4.99 Å². The maximum Gasteiger partial charge on any atom is 0.163 e. The molecule has 14 heavy (non-hydrogen) atoms. The minimum absolute atomic E-state index is 0.0143. The molecule has 0 atom stereocenters. The van der Waals surface area contributed by atoms with Crippen LogP contribution in [0.25, 0.3) is 0 Å². The van der Waals surface area contributed by atoms with Gasteiger partial charge in [0, 0.05) is 13.2 Å². The van der Waals surface area contributed by atoms with E-state index in [0.29, 0.717) is 0 Å². The molecule has 2 nitrogen and oxygen atoms in total. The van der Waals surface area contributed by atoms with Crippen LogP contribution in [0.1, 0.15) is 20.8 Å². The lowest BCUT2D eigenvalue weighted by atomic mass is 10.0. The Kier molecular flexibility index (Phi) is 5.62. The van der Waals surface area contributed by atoms with Gasteiger partial charge in [0.2, 0.25) is 0 Å². The molecule has 0 unspecified atom stereocenters. The number of allylic oxidation sites excluding steroid dienone is 1. The molecule has 0 spiro atoms. The Morgan fingerprint density at radius 3 is 2.43 bits per heavy atom. The maximum absolute atomic E-state index is 4.23. The largest absolute Gasteiger partial charge is 0.346 e. The van der Waals surface area contributed by atoms with Gasteiger partial charge in [-0.15, -0.1) is 0 Å². The SMILES string of the molecule is C=C/N=C(/SC)N(C)C(C)(C)/C=C\C. The van der Waals surface area contributed by atoms with Gasteiger partial charge in [0.1, 0.15) is 0 Å². The monoisotopic (exact) mass is 212 g/mol. The molecule has 0 rings (SSSR count). The quantitative estimate of drug-likeness (QED) is 0.406. The van der Waals surface area contributed by atoms with Gasteiger partial charge in [-0.2, -0.15) is 0 Å². The fraction of sp³-hybridized carbons (Fsp3) is 0.545. The van der Waals surface area contributed by atoms with Gasteiger partial charge in [0.15, 0.2) is 5.17 Å². The zero-order valence-corrected chi connectivity index (χ0v) is 10.6. The number of hydrogen-bond acceptors (Lipinski definition) is 2. The van der Waals surface area contributed by atoms with Crippen LogP contribution in [0.15, 0.2) is 29.9 Å². The first-order chi connectivity index (χ1) is 6.49. The molecule has 0 radical (unpaired) electrons. The van der Waals surface area contributed by atoms with Crippen LogP contribution in [0.4, 0.5) is 0 Å². The summed E-state index contributed by atoms with van der Waals surface area (Å²) in [6.07, 6.45) is 7.81. The van der Waals surface area contributed by atoms with E-state index in [-0.39, 0.29) is 5.54 Å². The third-order valence-corrected chi connectivity index (χ3v) is 2.85. The summed E-state index contributed by atoms with van der Waals surface area (Å²) in [6, 6.07) is 0. The molecule has 0 aliphatic heterocycles. The highest BCUT2D eigenvalue weighted by molar-refractivity contribution is 8.13. The summed E-state index contributed by atoms with van der Waals surface area (Å²) in [6.45, 7) is 9.95. The summed E-state index contributed by atoms with van der Waals surface area (Å²) >= 11 is 1.63. The zero-order chi connectivity index (χ0) is 11.2. The van der Waals surface area contributed by atoms with E-state index < -0.39 is 0 Å². The Morgan fingerprint density at radius 2 is 2.07 bits per heavy atom. The van der Waals surface area contributed by atoms with Gasteiger partial charge >= 0.3 is 0 Å². The van der Waals surface area contributed by atoms with E-state index in [1.165, 1.54) is 0 Å². The molecule has 0 heterocycles. The van der Waals surface area contributed by atoms with Crippen LogP contribution in [0.3, 0.4) is 0 Å². The molecule has 0 N–H and O–H groups in total. The lowest BCUT2D eigenvalue weighted by molar-refractivity contribution is 0.327. The number of likely N-dealkylation sites (N-methyl/N-ethyl adjacent to an activating group) is 1. The molecule has 0 bridgehead atoms. The van der Waals surface area contributed by atoms with Gasteiger partial charge in [0.25, 0.3) is 0 Å². The first-order valence-electron chi connectivity index (χ1n) is 4.60. The smallest absolute Gasteiger partial charge is 0.163 e. The predicted octanol–water partition coefficient (Wildman–Crippen LogP) is 3.14. The molecule has 0 aromatic carbocycles. The zero-order valence-electron chi connectivity index (χ0n) is 9.74. The molecule has 0 aromatic heterocycles. The van der Waals surface area contributed by atoms with E-state index in [9.17, 15) is 0 Å². The van der Waals surface area contributed by atoms with Gasteiger partial charge in [0.05, 0.1) is 5.54 Å². The van der Waals surface area contributed by atoms with E-state index in [1.54, 1.807) is 18.0 Å². The Hall–Kier alpha value is -0.700. The first kappa shape index (κ1) is 13.3. The van der Waals surface area contributed by atoms with E-state index >= 15 is 0 Å². The Bertz CT molecular complexity index is 242. The van der Waals surface area contributed by atoms with Crippen LogP contribution in [-0.2, 0) is 0 Å². The summed E-state index contributed by atoms with van der Waals surface area (Å²) in [5.74, 6) is 0. The lowest BCUT2D eigenvalue weighted by Gasteiger charge is -2.34. The summed E-state index contributed by atoms with van der Waals surface area (Å²) in [5, 5.41) is 0.975. The average Bonchev–Trinajstić information content (AvgIpc) is 2.13. The molecule has 0 aliphatic rings. The molecule has 3 heteroatoms. The number of nitrogens with zero attached hydrogens (tertiary/aromatic N) is 2. The van der Waals surface area contributed by atoms with E-state index in [1.807, 2.05) is 20.2 Å². The maximum atomic E-state index is 4.23. The van der Waals surface area contributed by atoms with Gasteiger partial charge < -0.3 is 4.90 Å². The van der Waals surface area contributed by atoms with Crippen molar-refractivity contribution in [3.63, 3.8) is 0 Å². The van der Waals surface area contributed by atoms with Crippen molar-refractivity contribution < 1.29 is 0 Å². The second kappa shape index (κ2) is 5.91. The van der Waals surface area contributed by atoms with E-state index in [0.717, 1.165) is 5.17 Å². The number of rotatable bonds is 3. The highest BCUT2D eigenvalue weighted by Crippen LogP contribution is 2.18. The van der Waals surface area contributed by atoms with Crippen molar-refractivity contribution >= 4 is 16.9 Å². The standard InChI is InChI=1S/C11H20N2S/c1-7-9-11(3,4)13(5)10(14-6)12-8-2/h7-9H,2H2,1,3-6H3/b9-7-,12-10+. The predicted molar refractivity (Wildman–Crippen MR) is 67.8 cm³/mol. The normalized spacial score (nSPS) is 13.4. The minimum atomic E-state index is -0.0143. The van der Waals surface area contributed by atoms with Gasteiger partial charge in [-0.1, -0.05) is 30.5 Å². The number of amidine groups is 1. The van der Waals surface area contributed by atoms with Crippen molar-refractivity contribution in [2.45, 2.75) is 26.3 Å². The second-order valence-electron chi connectivity index (χ2n) is 3.51. The van der Waals surface area contributed by atoms with E-state index in [4.69, 9.17) is 0 Å². The summed E-state index contributed by atoms with van der Waals surface area (Å²) in [5.41, 5.74) is -0.0143. The minimum Gasteiger partial charge on any atom is -0.346 e. The summed E-state index contributed by atoms with van der Waals surface area (Å²) < 4.78 is 0. The Labute approximate surface area is 91.8 Å². The topological polar surface area (TPSA) is 15.6 Å². The first-order valence-corrected chi connectivity index (χ1v) is 5.82. The molecule has 0 fully saturated rings. The number of hydrogen-bond donors (Lipinski definition) is 0. The van der Waals surface area contributed by atoms with Crippen LogP contribution < -0.4 is 0 Å². The van der Waals surface area contributed by atoms with Gasteiger partial charge in [-0.3, -0.25) is 0 Å².